The van der Waals surface area contributed by atoms with Crippen LogP contribution in [0.25, 0.3) is 45.4 Å². The van der Waals surface area contributed by atoms with Crippen molar-refractivity contribution in [1.29, 1.82) is 0 Å². The van der Waals surface area contributed by atoms with Crippen molar-refractivity contribution in [1.82, 2.24) is 19.5 Å². The van der Waals surface area contributed by atoms with Crippen LogP contribution in [0, 0.1) is 0 Å². The molecule has 8 bridgehead atoms. The summed E-state index contributed by atoms with van der Waals surface area (Å²) in [5, 5.41) is 0. The molecule has 5 rings (SSSR count). The molecule has 0 fully saturated rings. The predicted octanol–water partition coefficient (Wildman–Crippen LogP) is 9.40. The standard InChI is InChI=1S/C40H50N4O2/c1-10-24-31(18-23-36(45)46-9)38-28(14-5)34-21-19-32(41-34)27(13-4)33-20-22-35(42-33)29(15-6)39-25(11-2)26(12-3)40(44(39)17-8)30(16-7)37(24)43-38/h18-23,41H,10-17H2,1-9H3. The Morgan fingerprint density at radius 1 is 0.696 bits per heavy atom. The van der Waals surface area contributed by atoms with Gasteiger partial charge in [0.2, 0.25) is 0 Å². The number of aromatic amines is 1. The van der Waals surface area contributed by atoms with Crippen LogP contribution >= 0.6 is 0 Å². The number of allylic oxidation sites excluding steroid dienone is 3. The summed E-state index contributed by atoms with van der Waals surface area (Å²) < 4.78 is 7.57. The second-order valence-corrected chi connectivity index (χ2v) is 11.8. The Bertz CT molecular complexity index is 1930. The van der Waals surface area contributed by atoms with Gasteiger partial charge < -0.3 is 14.3 Å². The molecule has 2 aliphatic rings. The summed E-state index contributed by atoms with van der Waals surface area (Å²) in [6, 6.07) is 4.35. The van der Waals surface area contributed by atoms with E-state index in [9.17, 15) is 4.79 Å². The normalized spacial score (nSPS) is 13.0. The number of carbonyl (C=O) groups is 1. The van der Waals surface area contributed by atoms with E-state index in [-0.39, 0.29) is 5.97 Å². The van der Waals surface area contributed by atoms with E-state index in [0.717, 1.165) is 96.4 Å². The molecule has 3 aromatic heterocycles. The summed E-state index contributed by atoms with van der Waals surface area (Å²) in [4.78, 5) is 27.0. The number of esters is 1. The number of nitrogens with one attached hydrogen (secondary N) is 1. The molecule has 0 saturated carbocycles. The van der Waals surface area contributed by atoms with Crippen LogP contribution in [0.15, 0.2) is 24.3 Å². The van der Waals surface area contributed by atoms with Gasteiger partial charge >= 0.3 is 5.97 Å². The molecule has 0 unspecified atom stereocenters. The van der Waals surface area contributed by atoms with Gasteiger partial charge in [-0.3, -0.25) is 0 Å². The molecule has 242 valence electrons. The number of fused-ring (bicyclic) bond motifs is 8. The Morgan fingerprint density at radius 3 is 1.76 bits per heavy atom. The number of hydrogen-bond acceptors (Lipinski definition) is 4. The molecule has 0 saturated heterocycles. The minimum Gasteiger partial charge on any atom is -0.466 e. The lowest BCUT2D eigenvalue weighted by atomic mass is 9.94. The summed E-state index contributed by atoms with van der Waals surface area (Å²) in [6.07, 6.45) is 13.9. The van der Waals surface area contributed by atoms with Crippen molar-refractivity contribution in [2.45, 2.75) is 107 Å². The Morgan fingerprint density at radius 2 is 1.24 bits per heavy atom. The molecular formula is C40H50N4O2. The first kappa shape index (κ1) is 33.2. The van der Waals surface area contributed by atoms with Crippen LogP contribution in [0.3, 0.4) is 0 Å². The minimum absolute atomic E-state index is 0.370. The summed E-state index contributed by atoms with van der Waals surface area (Å²) in [6.45, 7) is 18.8. The summed E-state index contributed by atoms with van der Waals surface area (Å²) in [5.41, 5.74) is 18.7. The zero-order valence-corrected chi connectivity index (χ0v) is 29.3. The number of carbonyl (C=O) groups excluding carboxylic acids is 1. The lowest BCUT2D eigenvalue weighted by Crippen LogP contribution is -2.02. The van der Waals surface area contributed by atoms with Gasteiger partial charge in [0.1, 0.15) is 0 Å². The summed E-state index contributed by atoms with van der Waals surface area (Å²) >= 11 is 0. The number of aryl methyl sites for hydroxylation is 7. The molecule has 6 nitrogen and oxygen atoms in total. The van der Waals surface area contributed by atoms with Crippen LogP contribution in [-0.2, 0) is 54.6 Å². The van der Waals surface area contributed by atoms with Crippen molar-refractivity contribution in [3.8, 4) is 0 Å². The molecule has 0 aliphatic carbocycles. The fraction of sp³-hybridized carbons (Fsp3) is 0.425. The molecule has 6 heteroatoms. The van der Waals surface area contributed by atoms with E-state index in [1.807, 2.05) is 6.08 Å². The van der Waals surface area contributed by atoms with E-state index in [1.165, 1.54) is 57.6 Å². The lowest BCUT2D eigenvalue weighted by molar-refractivity contribution is -0.134. The van der Waals surface area contributed by atoms with Gasteiger partial charge in [-0.15, -0.1) is 0 Å². The van der Waals surface area contributed by atoms with Crippen molar-refractivity contribution in [3.63, 3.8) is 0 Å². The van der Waals surface area contributed by atoms with Gasteiger partial charge in [0.15, 0.2) is 0 Å². The lowest BCUT2D eigenvalue weighted by Gasteiger charge is -2.12. The maximum atomic E-state index is 12.4. The second kappa shape index (κ2) is 14.1. The third-order valence-electron chi connectivity index (χ3n) is 9.68. The van der Waals surface area contributed by atoms with Gasteiger partial charge in [-0.1, -0.05) is 48.5 Å². The quantitative estimate of drug-likeness (QED) is 0.142. The van der Waals surface area contributed by atoms with Gasteiger partial charge in [0, 0.05) is 51.5 Å². The SMILES string of the molecule is CCC1=C(C=CC(=O)OC)c2nc1c(CC)c1c(CC)c(CC)c(c(CC)c3nc(c(CC)c4ccc([nH]4)c2CC)C=C3)n1CC. The molecule has 0 aromatic carbocycles. The van der Waals surface area contributed by atoms with Crippen LogP contribution in [0.5, 0.6) is 0 Å². The van der Waals surface area contributed by atoms with Gasteiger partial charge in [0.05, 0.1) is 40.9 Å². The number of nitrogens with zero attached hydrogens (tertiary/aromatic N) is 3. The number of aromatic nitrogens is 4. The van der Waals surface area contributed by atoms with Crippen LogP contribution in [0.2, 0.25) is 0 Å². The Hall–Kier alpha value is -4.19. The van der Waals surface area contributed by atoms with Crippen LogP contribution < -0.4 is 0 Å². The molecule has 5 heterocycles. The van der Waals surface area contributed by atoms with Crippen molar-refractivity contribution in [2.24, 2.45) is 0 Å². The van der Waals surface area contributed by atoms with E-state index in [2.05, 4.69) is 89.2 Å². The van der Waals surface area contributed by atoms with Crippen LogP contribution in [0.1, 0.15) is 118 Å². The van der Waals surface area contributed by atoms with Gasteiger partial charge in [-0.25, -0.2) is 14.8 Å². The molecule has 46 heavy (non-hydrogen) atoms. The van der Waals surface area contributed by atoms with Crippen molar-refractivity contribution in [3.05, 3.63) is 80.4 Å². The fourth-order valence-corrected chi connectivity index (χ4v) is 7.60. The molecule has 0 spiro atoms. The largest absolute Gasteiger partial charge is 0.466 e. The average molecular weight is 619 g/mol. The first-order valence-electron chi connectivity index (χ1n) is 17.3. The monoisotopic (exact) mass is 618 g/mol. The van der Waals surface area contributed by atoms with E-state index in [4.69, 9.17) is 14.7 Å². The van der Waals surface area contributed by atoms with E-state index < -0.39 is 0 Å². The Labute approximate surface area is 274 Å². The molecule has 3 aromatic rings. The van der Waals surface area contributed by atoms with Gasteiger partial charge in [-0.05, 0) is 98.9 Å². The smallest absolute Gasteiger partial charge is 0.330 e. The maximum absolute atomic E-state index is 12.4. The van der Waals surface area contributed by atoms with E-state index in [1.54, 1.807) is 0 Å². The predicted molar refractivity (Wildman–Crippen MR) is 194 cm³/mol. The third-order valence-corrected chi connectivity index (χ3v) is 9.68. The van der Waals surface area contributed by atoms with Gasteiger partial charge in [-0.2, -0.15) is 0 Å². The molecule has 2 aliphatic heterocycles. The average Bonchev–Trinajstić information content (AvgIpc) is 3.87. The van der Waals surface area contributed by atoms with E-state index in [0.29, 0.717) is 0 Å². The highest BCUT2D eigenvalue weighted by molar-refractivity contribution is 6.02. The Balaban J connectivity index is 2.17. The molecule has 0 radical (unpaired) electrons. The number of methoxy groups -OCH3 is 1. The second-order valence-electron chi connectivity index (χ2n) is 11.8. The number of hydrogen-bond donors (Lipinski definition) is 1. The zero-order valence-electron chi connectivity index (χ0n) is 29.3. The summed E-state index contributed by atoms with van der Waals surface area (Å²) in [5.74, 6) is -0.370. The highest BCUT2D eigenvalue weighted by Gasteiger charge is 2.26. The van der Waals surface area contributed by atoms with Gasteiger partial charge in [0.25, 0.3) is 0 Å². The molecular weight excluding hydrogens is 568 g/mol. The molecule has 1 N–H and O–H groups in total. The maximum Gasteiger partial charge on any atom is 0.330 e. The zero-order chi connectivity index (χ0) is 33.1. The van der Waals surface area contributed by atoms with Crippen LogP contribution in [0.4, 0.5) is 0 Å². The minimum atomic E-state index is -0.370. The highest BCUT2D eigenvalue weighted by atomic mass is 16.5. The van der Waals surface area contributed by atoms with Crippen LogP contribution in [-0.4, -0.2) is 32.6 Å². The Kier molecular flexibility index (Phi) is 10.1. The summed E-state index contributed by atoms with van der Waals surface area (Å²) in [7, 11) is 1.42. The fourth-order valence-electron chi connectivity index (χ4n) is 7.60. The molecule has 0 atom stereocenters. The highest BCUT2D eigenvalue weighted by Crippen LogP contribution is 2.41. The third kappa shape index (κ3) is 5.46. The number of ether oxygens (including phenoxy) is 1. The first-order chi connectivity index (χ1) is 22.3. The first-order valence-corrected chi connectivity index (χ1v) is 17.3. The van der Waals surface area contributed by atoms with E-state index >= 15 is 0 Å². The van der Waals surface area contributed by atoms with Crippen molar-refractivity contribution in [2.75, 3.05) is 7.11 Å². The van der Waals surface area contributed by atoms with Crippen molar-refractivity contribution < 1.29 is 9.53 Å². The topological polar surface area (TPSA) is 72.8 Å². The molecule has 0 amide bonds. The van der Waals surface area contributed by atoms with Crippen molar-refractivity contribution >= 4 is 51.3 Å². The number of H-pyrrole nitrogens is 1. The number of rotatable bonds is 10.